The molecule has 4 nitrogen and oxygen atoms in total. The topological polar surface area (TPSA) is 38.2 Å². The van der Waals surface area contributed by atoms with Gasteiger partial charge in [0.15, 0.2) is 0 Å². The molecule has 0 saturated carbocycles. The molecule has 0 N–H and O–H groups in total. The van der Waals surface area contributed by atoms with Gasteiger partial charge in [0.25, 0.3) is 0 Å². The Bertz CT molecular complexity index is 599. The SMILES string of the molecule is COc1ccc(CN(C)c2nc(C)nc(Cl)c2C)cc1. The standard InChI is InChI=1S/C15H18ClN3O/c1-10-14(16)17-11(2)18-15(10)19(3)9-12-5-7-13(20-4)8-6-12/h5-8H,9H2,1-4H3. The molecule has 2 rings (SSSR count). The van der Waals surface area contributed by atoms with Gasteiger partial charge in [-0.15, -0.1) is 0 Å². The lowest BCUT2D eigenvalue weighted by Crippen LogP contribution is -2.19. The fourth-order valence-electron chi connectivity index (χ4n) is 2.03. The quantitative estimate of drug-likeness (QED) is 0.809. The Hall–Kier alpha value is -1.81. The maximum absolute atomic E-state index is 6.11. The Morgan fingerprint density at radius 3 is 2.40 bits per heavy atom. The summed E-state index contributed by atoms with van der Waals surface area (Å²) in [5.74, 6) is 2.39. The van der Waals surface area contributed by atoms with E-state index in [4.69, 9.17) is 16.3 Å². The summed E-state index contributed by atoms with van der Waals surface area (Å²) >= 11 is 6.11. The molecule has 0 spiro atoms. The van der Waals surface area contributed by atoms with Crippen LogP contribution >= 0.6 is 11.6 Å². The molecule has 0 atom stereocenters. The molecule has 1 aromatic carbocycles. The number of aryl methyl sites for hydroxylation is 1. The summed E-state index contributed by atoms with van der Waals surface area (Å²) in [6.07, 6.45) is 0. The van der Waals surface area contributed by atoms with E-state index in [9.17, 15) is 0 Å². The fourth-order valence-corrected chi connectivity index (χ4v) is 2.24. The smallest absolute Gasteiger partial charge is 0.137 e. The van der Waals surface area contributed by atoms with Crippen LogP contribution < -0.4 is 9.64 Å². The first-order chi connectivity index (χ1) is 9.51. The number of benzene rings is 1. The molecular formula is C15H18ClN3O. The van der Waals surface area contributed by atoms with Gasteiger partial charge < -0.3 is 9.64 Å². The maximum atomic E-state index is 6.11. The third kappa shape index (κ3) is 3.20. The first-order valence-corrected chi connectivity index (χ1v) is 6.74. The van der Waals surface area contributed by atoms with Gasteiger partial charge in [0.1, 0.15) is 22.5 Å². The molecule has 20 heavy (non-hydrogen) atoms. The summed E-state index contributed by atoms with van der Waals surface area (Å²) in [5, 5.41) is 0.508. The molecule has 0 unspecified atom stereocenters. The van der Waals surface area contributed by atoms with Gasteiger partial charge >= 0.3 is 0 Å². The van der Waals surface area contributed by atoms with E-state index in [1.165, 1.54) is 5.56 Å². The number of anilines is 1. The van der Waals surface area contributed by atoms with Gasteiger partial charge in [0, 0.05) is 19.2 Å². The van der Waals surface area contributed by atoms with Crippen molar-refractivity contribution in [2.24, 2.45) is 0 Å². The van der Waals surface area contributed by atoms with Crippen LogP contribution in [-0.4, -0.2) is 24.1 Å². The van der Waals surface area contributed by atoms with Crippen molar-refractivity contribution in [3.8, 4) is 5.75 Å². The van der Waals surface area contributed by atoms with Crippen LogP contribution in [0.2, 0.25) is 5.15 Å². The summed E-state index contributed by atoms with van der Waals surface area (Å²) in [6, 6.07) is 7.99. The summed E-state index contributed by atoms with van der Waals surface area (Å²) in [5.41, 5.74) is 2.08. The highest BCUT2D eigenvalue weighted by molar-refractivity contribution is 6.30. The van der Waals surface area contributed by atoms with Crippen molar-refractivity contribution >= 4 is 17.4 Å². The van der Waals surface area contributed by atoms with Gasteiger partial charge in [-0.05, 0) is 31.5 Å². The van der Waals surface area contributed by atoms with Crippen LogP contribution in [0.4, 0.5) is 5.82 Å². The summed E-state index contributed by atoms with van der Waals surface area (Å²) < 4.78 is 5.16. The van der Waals surface area contributed by atoms with E-state index in [0.717, 1.165) is 23.7 Å². The van der Waals surface area contributed by atoms with Crippen LogP contribution in [-0.2, 0) is 6.54 Å². The Labute approximate surface area is 124 Å². The van der Waals surface area contributed by atoms with Gasteiger partial charge in [-0.25, -0.2) is 9.97 Å². The lowest BCUT2D eigenvalue weighted by atomic mass is 10.2. The number of rotatable bonds is 4. The molecule has 1 heterocycles. The van der Waals surface area contributed by atoms with E-state index in [2.05, 4.69) is 14.9 Å². The van der Waals surface area contributed by atoms with E-state index >= 15 is 0 Å². The van der Waals surface area contributed by atoms with Crippen LogP contribution in [0.15, 0.2) is 24.3 Å². The number of halogens is 1. The number of methoxy groups -OCH3 is 1. The zero-order valence-corrected chi connectivity index (χ0v) is 12.9. The van der Waals surface area contributed by atoms with Crippen LogP contribution in [0.5, 0.6) is 5.75 Å². The minimum absolute atomic E-state index is 0.508. The Kier molecular flexibility index (Phi) is 4.45. The Morgan fingerprint density at radius 2 is 1.80 bits per heavy atom. The lowest BCUT2D eigenvalue weighted by Gasteiger charge is -2.21. The van der Waals surface area contributed by atoms with Crippen molar-refractivity contribution < 1.29 is 4.74 Å². The third-order valence-electron chi connectivity index (χ3n) is 3.11. The molecular weight excluding hydrogens is 274 g/mol. The highest BCUT2D eigenvalue weighted by atomic mass is 35.5. The number of hydrogen-bond donors (Lipinski definition) is 0. The summed E-state index contributed by atoms with van der Waals surface area (Å²) in [4.78, 5) is 10.7. The van der Waals surface area contributed by atoms with Crippen LogP contribution in [0.25, 0.3) is 0 Å². The minimum Gasteiger partial charge on any atom is -0.497 e. The van der Waals surface area contributed by atoms with Crippen molar-refractivity contribution in [2.45, 2.75) is 20.4 Å². The van der Waals surface area contributed by atoms with E-state index in [1.54, 1.807) is 7.11 Å². The second-order valence-electron chi connectivity index (χ2n) is 4.71. The Morgan fingerprint density at radius 1 is 1.15 bits per heavy atom. The minimum atomic E-state index is 0.508. The second-order valence-corrected chi connectivity index (χ2v) is 5.07. The second kappa shape index (κ2) is 6.09. The average Bonchev–Trinajstić information content (AvgIpc) is 2.43. The highest BCUT2D eigenvalue weighted by Crippen LogP contribution is 2.24. The predicted octanol–water partition coefficient (Wildman–Crippen LogP) is 3.39. The zero-order valence-electron chi connectivity index (χ0n) is 12.1. The van der Waals surface area contributed by atoms with E-state index in [1.807, 2.05) is 45.2 Å². The molecule has 2 aromatic rings. The van der Waals surface area contributed by atoms with Crippen molar-refractivity contribution in [3.63, 3.8) is 0 Å². The first-order valence-electron chi connectivity index (χ1n) is 6.36. The van der Waals surface area contributed by atoms with Gasteiger partial charge in [-0.3, -0.25) is 0 Å². The monoisotopic (exact) mass is 291 g/mol. The molecule has 1 aromatic heterocycles. The normalized spacial score (nSPS) is 10.4. The summed E-state index contributed by atoms with van der Waals surface area (Å²) in [6.45, 7) is 4.52. The maximum Gasteiger partial charge on any atom is 0.137 e. The van der Waals surface area contributed by atoms with Crippen molar-refractivity contribution in [1.82, 2.24) is 9.97 Å². The number of aromatic nitrogens is 2. The summed E-state index contributed by atoms with van der Waals surface area (Å²) in [7, 11) is 3.66. The van der Waals surface area contributed by atoms with Crippen LogP contribution in [0.3, 0.4) is 0 Å². The zero-order chi connectivity index (χ0) is 14.7. The lowest BCUT2D eigenvalue weighted by molar-refractivity contribution is 0.414. The van der Waals surface area contributed by atoms with E-state index in [-0.39, 0.29) is 0 Å². The number of nitrogens with zero attached hydrogens (tertiary/aromatic N) is 3. The van der Waals surface area contributed by atoms with Crippen LogP contribution in [0, 0.1) is 13.8 Å². The average molecular weight is 292 g/mol. The molecule has 0 fully saturated rings. The molecule has 0 amide bonds. The number of ether oxygens (including phenoxy) is 1. The van der Waals surface area contributed by atoms with E-state index < -0.39 is 0 Å². The van der Waals surface area contributed by atoms with Gasteiger partial charge in [0.05, 0.1) is 7.11 Å². The highest BCUT2D eigenvalue weighted by Gasteiger charge is 2.12. The first kappa shape index (κ1) is 14.6. The van der Waals surface area contributed by atoms with Gasteiger partial charge in [-0.1, -0.05) is 23.7 Å². The van der Waals surface area contributed by atoms with Crippen molar-refractivity contribution in [1.29, 1.82) is 0 Å². The van der Waals surface area contributed by atoms with Gasteiger partial charge in [0.2, 0.25) is 0 Å². The molecule has 0 aliphatic rings. The van der Waals surface area contributed by atoms with Crippen LogP contribution in [0.1, 0.15) is 17.0 Å². The molecule has 5 heteroatoms. The van der Waals surface area contributed by atoms with Crippen molar-refractivity contribution in [2.75, 3.05) is 19.1 Å². The van der Waals surface area contributed by atoms with Gasteiger partial charge in [-0.2, -0.15) is 0 Å². The third-order valence-corrected chi connectivity index (χ3v) is 3.48. The molecule has 0 bridgehead atoms. The fraction of sp³-hybridized carbons (Fsp3) is 0.333. The van der Waals surface area contributed by atoms with Crippen molar-refractivity contribution in [3.05, 3.63) is 46.4 Å². The Balaban J connectivity index is 2.21. The molecule has 0 radical (unpaired) electrons. The largest absolute Gasteiger partial charge is 0.497 e. The van der Waals surface area contributed by atoms with E-state index in [0.29, 0.717) is 11.0 Å². The molecule has 106 valence electrons. The predicted molar refractivity (Wildman–Crippen MR) is 81.6 cm³/mol. The molecule has 0 saturated heterocycles. The molecule has 0 aliphatic carbocycles. The molecule has 0 aliphatic heterocycles. The number of hydrogen-bond acceptors (Lipinski definition) is 4.